The van der Waals surface area contributed by atoms with E-state index in [-0.39, 0.29) is 22.6 Å². The first-order valence-electron chi connectivity index (χ1n) is 17.0. The lowest BCUT2D eigenvalue weighted by Crippen LogP contribution is -2.42. The number of nitrogens with zero attached hydrogens (tertiary/aromatic N) is 4. The van der Waals surface area contributed by atoms with Gasteiger partial charge in [-0.15, -0.1) is 0 Å². The largest absolute Gasteiger partial charge is 0.481 e. The number of aliphatic hydroxyl groups excluding tert-OH is 1. The number of aromatic nitrogens is 4. The second-order valence-electron chi connectivity index (χ2n) is 12.1. The van der Waals surface area contributed by atoms with E-state index in [1.54, 1.807) is 13.2 Å². The van der Waals surface area contributed by atoms with E-state index < -0.39 is 23.8 Å². The Morgan fingerprint density at radius 2 is 1.82 bits per heavy atom. The molecule has 2 aliphatic rings. The summed E-state index contributed by atoms with van der Waals surface area (Å²) in [5, 5.41) is 17.0. The predicted octanol–water partition coefficient (Wildman–Crippen LogP) is 7.32. The summed E-state index contributed by atoms with van der Waals surface area (Å²) in [5.41, 5.74) is 11.5. The number of halogens is 3. The molecule has 5 aromatic rings. The number of nitrogens with two attached hydrogens (primary N) is 1. The topological polar surface area (TPSA) is 137 Å². The van der Waals surface area contributed by atoms with Crippen molar-refractivity contribution in [3.8, 4) is 28.3 Å². The summed E-state index contributed by atoms with van der Waals surface area (Å²) in [4.78, 5) is 21.8. The van der Waals surface area contributed by atoms with Crippen LogP contribution < -0.4 is 21.3 Å². The van der Waals surface area contributed by atoms with Gasteiger partial charge in [0, 0.05) is 47.5 Å². The van der Waals surface area contributed by atoms with Crippen molar-refractivity contribution >= 4 is 33.9 Å². The third-order valence-corrected chi connectivity index (χ3v) is 9.35. The monoisotopic (exact) mass is 720 g/mol. The molecule has 10 nitrogen and oxygen atoms in total. The maximum Gasteiger partial charge on any atom is 0.280 e. The maximum absolute atomic E-state index is 13.7. The predicted molar refractivity (Wildman–Crippen MR) is 197 cm³/mol. The van der Waals surface area contributed by atoms with Gasteiger partial charge in [0.25, 0.3) is 12.0 Å². The van der Waals surface area contributed by atoms with Gasteiger partial charge in [0.2, 0.25) is 5.88 Å². The number of rotatable bonds is 6. The third-order valence-electron chi connectivity index (χ3n) is 8.95. The molecule has 0 bridgehead atoms. The zero-order valence-electron chi connectivity index (χ0n) is 29.3. The van der Waals surface area contributed by atoms with Crippen molar-refractivity contribution in [1.29, 1.82) is 0 Å². The summed E-state index contributed by atoms with van der Waals surface area (Å²) in [5.74, 6) is 0.668. The number of nitrogens with one attached hydrogen (secondary N) is 1. The number of methoxy groups -OCH3 is 1. The second-order valence-corrected chi connectivity index (χ2v) is 12.5. The van der Waals surface area contributed by atoms with Gasteiger partial charge in [0.1, 0.15) is 11.5 Å². The molecule has 2 aromatic carbocycles. The maximum atomic E-state index is 13.7. The number of hydrogen-bond donors (Lipinski definition) is 3. The Kier molecular flexibility index (Phi) is 12.4. The van der Waals surface area contributed by atoms with E-state index in [2.05, 4.69) is 21.5 Å². The molecule has 13 heteroatoms. The molecule has 270 valence electrons. The van der Waals surface area contributed by atoms with E-state index in [1.165, 1.54) is 24.9 Å². The van der Waals surface area contributed by atoms with Crippen LogP contribution in [0.15, 0.2) is 59.5 Å². The summed E-state index contributed by atoms with van der Waals surface area (Å²) >= 11 is 7.03. The summed E-state index contributed by atoms with van der Waals surface area (Å²) in [6, 6.07) is 14.6. The average Bonchev–Trinajstić information content (AvgIpc) is 3.62. The van der Waals surface area contributed by atoms with Crippen LogP contribution in [0.3, 0.4) is 0 Å². The van der Waals surface area contributed by atoms with Crippen molar-refractivity contribution in [3.05, 3.63) is 92.5 Å². The Balaban J connectivity index is 0.000000441. The Bertz CT molecular complexity index is 2070. The normalized spacial score (nSPS) is 16.5. The van der Waals surface area contributed by atoms with Gasteiger partial charge in [0.05, 0.1) is 42.1 Å². The molecule has 0 radical (unpaired) electrons. The van der Waals surface area contributed by atoms with Crippen LogP contribution in [0.1, 0.15) is 55.5 Å². The van der Waals surface area contributed by atoms with E-state index in [9.17, 15) is 13.6 Å². The lowest BCUT2D eigenvalue weighted by Gasteiger charge is -2.23. The SMILES string of the molecule is CC.COc1nc(-c2cccc(-c3cccc(Nc4nc(C(F)F)cc5cnn(C)c(=O)c45)c3C)c2Cl)cc2c1CCC2.NC1CCOCC1O. The number of hydrogen-bond acceptors (Lipinski definition) is 9. The standard InChI is InChI=1S/C31H26ClF2N5O2.C5H11NO2.C2H6/c1-16-19(21-10-5-11-22(27(21)32)24-13-17-7-4-9-20(17)30(38-24)41-3)8-6-12-23(16)36-29-26-18(14-25(37-29)28(33)34)15-35-39(2)31(26)40;6-4-1-2-8-3-5(4)7;1-2/h5-6,8,10-15,28H,4,7,9H2,1-3H3,(H,36,37);4-5,7H,1-3,6H2;1-2H3. The van der Waals surface area contributed by atoms with Crippen LogP contribution in [0.25, 0.3) is 33.2 Å². The molecule has 0 spiro atoms. The lowest BCUT2D eigenvalue weighted by molar-refractivity contribution is -0.0182. The van der Waals surface area contributed by atoms with E-state index >= 15 is 0 Å². The van der Waals surface area contributed by atoms with Crippen LogP contribution in [0.2, 0.25) is 5.02 Å². The van der Waals surface area contributed by atoms with E-state index in [0.29, 0.717) is 29.8 Å². The molecule has 3 aromatic heterocycles. The number of benzene rings is 2. The minimum Gasteiger partial charge on any atom is -0.481 e. The number of fused-ring (bicyclic) bond motifs is 2. The van der Waals surface area contributed by atoms with Crippen LogP contribution in [0, 0.1) is 6.92 Å². The van der Waals surface area contributed by atoms with E-state index in [4.69, 9.17) is 36.9 Å². The number of pyridine rings is 2. The third kappa shape index (κ3) is 8.04. The molecule has 1 fully saturated rings. The van der Waals surface area contributed by atoms with E-state index in [1.807, 2.05) is 51.1 Å². The molecule has 2 atom stereocenters. The highest BCUT2D eigenvalue weighted by atomic mass is 35.5. The molecule has 0 saturated carbocycles. The van der Waals surface area contributed by atoms with Gasteiger partial charge in [-0.2, -0.15) is 5.10 Å². The summed E-state index contributed by atoms with van der Waals surface area (Å²) in [6.45, 7) is 7.00. The summed E-state index contributed by atoms with van der Waals surface area (Å²) < 4.78 is 39.0. The van der Waals surface area contributed by atoms with Crippen LogP contribution in [-0.2, 0) is 24.6 Å². The highest BCUT2D eigenvalue weighted by Crippen LogP contribution is 2.41. The molecular weight excluding hydrogens is 678 g/mol. The Labute approximate surface area is 300 Å². The van der Waals surface area contributed by atoms with Gasteiger partial charge < -0.3 is 25.6 Å². The molecule has 4 N–H and O–H groups in total. The fourth-order valence-corrected chi connectivity index (χ4v) is 6.52. The van der Waals surface area contributed by atoms with Crippen molar-refractivity contribution in [3.63, 3.8) is 0 Å². The Morgan fingerprint density at radius 3 is 2.51 bits per heavy atom. The van der Waals surface area contributed by atoms with Gasteiger partial charge in [0.15, 0.2) is 0 Å². The van der Waals surface area contributed by atoms with Crippen molar-refractivity contribution in [2.75, 3.05) is 25.6 Å². The number of aliphatic hydroxyl groups is 1. The highest BCUT2D eigenvalue weighted by molar-refractivity contribution is 6.36. The number of ether oxygens (including phenoxy) is 2. The molecular formula is C38H43ClF2N6O4. The first-order valence-corrected chi connectivity index (χ1v) is 17.3. The van der Waals surface area contributed by atoms with Gasteiger partial charge in [-0.1, -0.05) is 55.8 Å². The average molecular weight is 721 g/mol. The second kappa shape index (κ2) is 16.7. The minimum atomic E-state index is -2.82. The van der Waals surface area contributed by atoms with Crippen molar-refractivity contribution < 1.29 is 23.4 Å². The van der Waals surface area contributed by atoms with E-state index in [0.717, 1.165) is 63.9 Å². The van der Waals surface area contributed by atoms with Gasteiger partial charge in [-0.3, -0.25) is 4.79 Å². The Morgan fingerprint density at radius 1 is 1.10 bits per heavy atom. The van der Waals surface area contributed by atoms with Crippen LogP contribution in [0.5, 0.6) is 5.88 Å². The van der Waals surface area contributed by atoms with Crippen LogP contribution in [-0.4, -0.2) is 57.3 Å². The first-order chi connectivity index (χ1) is 24.6. The number of aryl methyl sites for hydroxylation is 2. The van der Waals surface area contributed by atoms with Crippen LogP contribution in [0.4, 0.5) is 20.3 Å². The molecule has 1 saturated heterocycles. The van der Waals surface area contributed by atoms with Crippen LogP contribution >= 0.6 is 11.6 Å². The molecule has 0 amide bonds. The first kappa shape index (κ1) is 37.8. The zero-order valence-corrected chi connectivity index (χ0v) is 30.1. The summed E-state index contributed by atoms with van der Waals surface area (Å²) in [6.07, 6.45) is 1.89. The van der Waals surface area contributed by atoms with Crippen molar-refractivity contribution in [2.45, 2.75) is 65.0 Å². The minimum absolute atomic E-state index is 0.0373. The van der Waals surface area contributed by atoms with Crippen molar-refractivity contribution in [2.24, 2.45) is 12.8 Å². The fraction of sp³-hybridized carbons (Fsp3) is 0.368. The molecule has 1 aliphatic heterocycles. The quantitative estimate of drug-likeness (QED) is 0.165. The number of anilines is 2. The highest BCUT2D eigenvalue weighted by Gasteiger charge is 2.22. The molecule has 4 heterocycles. The lowest BCUT2D eigenvalue weighted by atomic mass is 9.96. The van der Waals surface area contributed by atoms with Gasteiger partial charge in [-0.25, -0.2) is 23.4 Å². The van der Waals surface area contributed by atoms with Gasteiger partial charge >= 0.3 is 0 Å². The van der Waals surface area contributed by atoms with Gasteiger partial charge in [-0.05, 0) is 67.5 Å². The zero-order chi connectivity index (χ0) is 36.8. The molecule has 1 aliphatic carbocycles. The Hall–Kier alpha value is -4.49. The molecule has 2 unspecified atom stereocenters. The molecule has 51 heavy (non-hydrogen) atoms. The fourth-order valence-electron chi connectivity index (χ4n) is 6.20. The van der Waals surface area contributed by atoms with Crippen molar-refractivity contribution in [1.82, 2.24) is 19.7 Å². The number of alkyl halides is 2. The summed E-state index contributed by atoms with van der Waals surface area (Å²) in [7, 11) is 3.13. The smallest absolute Gasteiger partial charge is 0.280 e. The molecule has 7 rings (SSSR count).